The second-order valence-corrected chi connectivity index (χ2v) is 5.94. The van der Waals surface area contributed by atoms with Gasteiger partial charge < -0.3 is 9.80 Å². The fraction of sp³-hybridized carbons (Fsp3) is 0.600. The number of amides is 1. The van der Waals surface area contributed by atoms with Crippen LogP contribution in [0.2, 0.25) is 0 Å². The maximum atomic E-state index is 12.6. The molecule has 0 aromatic carbocycles. The Morgan fingerprint density at radius 1 is 1.26 bits per heavy atom. The molecular formula is C15H21N3O. The lowest BCUT2D eigenvalue weighted by atomic mass is 9.94. The largest absolute Gasteiger partial charge is 0.333 e. The van der Waals surface area contributed by atoms with Crippen LogP contribution in [0.25, 0.3) is 0 Å². The first-order valence-corrected chi connectivity index (χ1v) is 7.06. The van der Waals surface area contributed by atoms with E-state index < -0.39 is 0 Å². The predicted octanol–water partition coefficient (Wildman–Crippen LogP) is 1.56. The third-order valence-corrected chi connectivity index (χ3v) is 4.26. The number of hydrogen-bond donors (Lipinski definition) is 0. The van der Waals surface area contributed by atoms with E-state index in [4.69, 9.17) is 0 Å². The molecule has 4 rings (SSSR count). The fourth-order valence-electron chi connectivity index (χ4n) is 3.37. The van der Waals surface area contributed by atoms with Crippen LogP contribution in [0.15, 0.2) is 18.2 Å². The number of carbonyl (C=O) groups is 1. The van der Waals surface area contributed by atoms with Gasteiger partial charge in [0.15, 0.2) is 0 Å². The van der Waals surface area contributed by atoms with Gasteiger partial charge in [0.25, 0.3) is 5.91 Å². The van der Waals surface area contributed by atoms with E-state index in [1.807, 2.05) is 25.1 Å². The Labute approximate surface area is 114 Å². The Hall–Kier alpha value is -1.42. The molecule has 0 aliphatic carbocycles. The first kappa shape index (κ1) is 12.6. The van der Waals surface area contributed by atoms with Crippen molar-refractivity contribution < 1.29 is 4.79 Å². The molecule has 1 aromatic rings. The number of aryl methyl sites for hydroxylation is 1. The second kappa shape index (κ2) is 4.93. The van der Waals surface area contributed by atoms with Gasteiger partial charge in [0.05, 0.1) is 0 Å². The molecule has 2 atom stereocenters. The summed E-state index contributed by atoms with van der Waals surface area (Å²) in [6.45, 7) is 4.93. The van der Waals surface area contributed by atoms with E-state index >= 15 is 0 Å². The van der Waals surface area contributed by atoms with Gasteiger partial charge in [-0.25, -0.2) is 4.98 Å². The van der Waals surface area contributed by atoms with Gasteiger partial charge in [0, 0.05) is 31.4 Å². The van der Waals surface area contributed by atoms with E-state index in [2.05, 4.69) is 21.8 Å². The van der Waals surface area contributed by atoms with Gasteiger partial charge in [-0.2, -0.15) is 0 Å². The quantitative estimate of drug-likeness (QED) is 0.768. The Morgan fingerprint density at radius 2 is 2.11 bits per heavy atom. The smallest absolute Gasteiger partial charge is 0.272 e. The normalized spacial score (nSPS) is 27.4. The number of carbonyl (C=O) groups excluding carboxylic acids is 1. The number of nitrogens with zero attached hydrogens (tertiary/aromatic N) is 3. The lowest BCUT2D eigenvalue weighted by molar-refractivity contribution is 0.0580. The number of fused-ring (bicyclic) bond motifs is 4. The maximum absolute atomic E-state index is 12.6. The average molecular weight is 259 g/mol. The zero-order chi connectivity index (χ0) is 13.4. The summed E-state index contributed by atoms with van der Waals surface area (Å²) in [6.07, 6.45) is 2.38. The SMILES string of the molecule is Cc1cccc(C(=O)N2C[C@@H]3CC[C@H]2CN(C)C3)n1. The van der Waals surface area contributed by atoms with E-state index in [1.165, 1.54) is 6.42 Å². The number of rotatable bonds is 1. The fourth-order valence-corrected chi connectivity index (χ4v) is 3.37. The van der Waals surface area contributed by atoms with E-state index in [9.17, 15) is 4.79 Å². The number of hydrogen-bond acceptors (Lipinski definition) is 3. The number of piperidine rings is 1. The topological polar surface area (TPSA) is 36.4 Å². The van der Waals surface area contributed by atoms with Crippen LogP contribution >= 0.6 is 0 Å². The molecule has 102 valence electrons. The molecule has 0 spiro atoms. The third kappa shape index (κ3) is 2.50. The molecule has 0 radical (unpaired) electrons. The zero-order valence-electron chi connectivity index (χ0n) is 11.7. The molecule has 4 heterocycles. The van der Waals surface area contributed by atoms with Gasteiger partial charge in [-0.05, 0) is 44.9 Å². The highest BCUT2D eigenvalue weighted by atomic mass is 16.2. The summed E-state index contributed by atoms with van der Waals surface area (Å²) in [5.41, 5.74) is 1.50. The van der Waals surface area contributed by atoms with Gasteiger partial charge in [-0.1, -0.05) is 6.07 Å². The summed E-state index contributed by atoms with van der Waals surface area (Å²) >= 11 is 0. The van der Waals surface area contributed by atoms with Crippen LogP contribution in [0.1, 0.15) is 29.0 Å². The molecule has 1 amide bonds. The minimum absolute atomic E-state index is 0.105. The average Bonchev–Trinajstić information content (AvgIpc) is 2.66. The Bertz CT molecular complexity index is 488. The van der Waals surface area contributed by atoms with Gasteiger partial charge in [-0.3, -0.25) is 4.79 Å². The highest BCUT2D eigenvalue weighted by molar-refractivity contribution is 5.92. The lowest BCUT2D eigenvalue weighted by Crippen LogP contribution is -2.47. The van der Waals surface area contributed by atoms with Crippen LogP contribution in [-0.4, -0.2) is 53.4 Å². The minimum atomic E-state index is 0.105. The van der Waals surface area contributed by atoms with Crippen LogP contribution in [-0.2, 0) is 0 Å². The highest BCUT2D eigenvalue weighted by Crippen LogP contribution is 2.28. The monoisotopic (exact) mass is 259 g/mol. The summed E-state index contributed by atoms with van der Waals surface area (Å²) < 4.78 is 0. The molecule has 3 fully saturated rings. The van der Waals surface area contributed by atoms with Crippen molar-refractivity contribution in [3.05, 3.63) is 29.6 Å². The van der Waals surface area contributed by atoms with Crippen molar-refractivity contribution in [3.8, 4) is 0 Å². The first-order valence-electron chi connectivity index (χ1n) is 7.06. The molecule has 0 unspecified atom stereocenters. The van der Waals surface area contributed by atoms with E-state index in [-0.39, 0.29) is 5.91 Å². The third-order valence-electron chi connectivity index (χ3n) is 4.26. The predicted molar refractivity (Wildman–Crippen MR) is 74.0 cm³/mol. The second-order valence-electron chi connectivity index (χ2n) is 5.94. The molecule has 0 N–H and O–H groups in total. The van der Waals surface area contributed by atoms with E-state index in [0.717, 1.165) is 31.7 Å². The Morgan fingerprint density at radius 3 is 2.89 bits per heavy atom. The van der Waals surface area contributed by atoms with Crippen molar-refractivity contribution in [2.75, 3.05) is 26.7 Å². The van der Waals surface area contributed by atoms with Crippen LogP contribution in [0, 0.1) is 12.8 Å². The van der Waals surface area contributed by atoms with Gasteiger partial charge >= 0.3 is 0 Å². The highest BCUT2D eigenvalue weighted by Gasteiger charge is 2.36. The number of likely N-dealkylation sites (N-methyl/N-ethyl adjacent to an activating group) is 1. The summed E-state index contributed by atoms with van der Waals surface area (Å²) in [5, 5.41) is 0. The molecule has 4 heteroatoms. The Balaban J connectivity index is 1.84. The molecule has 4 nitrogen and oxygen atoms in total. The number of aromatic nitrogens is 1. The van der Waals surface area contributed by atoms with E-state index in [1.54, 1.807) is 0 Å². The van der Waals surface area contributed by atoms with Gasteiger partial charge in [-0.15, -0.1) is 0 Å². The molecule has 3 saturated heterocycles. The first-order chi connectivity index (χ1) is 9.13. The standard InChI is InChI=1S/C15H21N3O/c1-11-4-3-5-14(16-11)15(19)18-9-12-6-7-13(18)10-17(2)8-12/h3-5,12-13H,6-10H2,1-2H3/t12-,13+/m1/s1. The van der Waals surface area contributed by atoms with Crippen molar-refractivity contribution in [3.63, 3.8) is 0 Å². The Kier molecular flexibility index (Phi) is 3.27. The zero-order valence-corrected chi connectivity index (χ0v) is 11.7. The summed E-state index contributed by atoms with van der Waals surface area (Å²) in [6, 6.07) is 6.03. The molecule has 2 bridgehead atoms. The van der Waals surface area contributed by atoms with Crippen LogP contribution in [0.5, 0.6) is 0 Å². The van der Waals surface area contributed by atoms with Crippen molar-refractivity contribution >= 4 is 5.91 Å². The summed E-state index contributed by atoms with van der Waals surface area (Å²) in [7, 11) is 2.16. The summed E-state index contributed by atoms with van der Waals surface area (Å²) in [4.78, 5) is 21.4. The minimum Gasteiger partial charge on any atom is -0.333 e. The van der Waals surface area contributed by atoms with Gasteiger partial charge in [0.2, 0.25) is 0 Å². The molecule has 3 aliphatic rings. The van der Waals surface area contributed by atoms with Crippen LogP contribution < -0.4 is 0 Å². The molecule has 19 heavy (non-hydrogen) atoms. The molecule has 3 aliphatic heterocycles. The van der Waals surface area contributed by atoms with Crippen molar-refractivity contribution in [2.24, 2.45) is 5.92 Å². The van der Waals surface area contributed by atoms with Crippen LogP contribution in [0.4, 0.5) is 0 Å². The van der Waals surface area contributed by atoms with Crippen molar-refractivity contribution in [1.29, 1.82) is 0 Å². The van der Waals surface area contributed by atoms with Crippen molar-refractivity contribution in [2.45, 2.75) is 25.8 Å². The van der Waals surface area contributed by atoms with E-state index in [0.29, 0.717) is 17.7 Å². The lowest BCUT2D eigenvalue weighted by Gasteiger charge is -2.36. The van der Waals surface area contributed by atoms with Gasteiger partial charge in [0.1, 0.15) is 5.69 Å². The van der Waals surface area contributed by atoms with Crippen molar-refractivity contribution in [1.82, 2.24) is 14.8 Å². The molecular weight excluding hydrogens is 238 g/mol. The maximum Gasteiger partial charge on any atom is 0.272 e. The molecule has 1 aromatic heterocycles. The molecule has 0 saturated carbocycles. The number of pyridine rings is 1. The summed E-state index contributed by atoms with van der Waals surface area (Å²) in [5.74, 6) is 0.728. The van der Waals surface area contributed by atoms with Crippen LogP contribution in [0.3, 0.4) is 0 Å².